The fraction of sp³-hybridized carbons (Fsp3) is 0.211. The Morgan fingerprint density at radius 2 is 1.73 bits per heavy atom. The normalized spacial score (nSPS) is 10.2. The molecular formula is C19H19Cl2Zr-. The van der Waals surface area contributed by atoms with Crippen LogP contribution >= 0.6 is 17.0 Å². The monoisotopic (exact) mass is 407 g/mol. The van der Waals surface area contributed by atoms with Crippen LogP contribution in [0.3, 0.4) is 0 Å². The molecule has 0 saturated heterocycles. The summed E-state index contributed by atoms with van der Waals surface area (Å²) in [5.74, 6) is 0. The summed E-state index contributed by atoms with van der Waals surface area (Å²) in [5.41, 5.74) is 5.42. The van der Waals surface area contributed by atoms with Crippen molar-refractivity contribution in [3.05, 3.63) is 65.7 Å². The van der Waals surface area contributed by atoms with Crippen molar-refractivity contribution >= 4 is 27.8 Å². The molecule has 0 aliphatic heterocycles. The Balaban J connectivity index is 0.000000545. The van der Waals surface area contributed by atoms with Crippen LogP contribution < -0.4 is 0 Å². The van der Waals surface area contributed by atoms with Gasteiger partial charge in [-0.05, 0) is 17.5 Å². The molecule has 0 bridgehead atoms. The number of halogens is 2. The average molecular weight is 409 g/mol. The molecule has 3 heteroatoms. The fourth-order valence-corrected chi connectivity index (χ4v) is 2.78. The van der Waals surface area contributed by atoms with Gasteiger partial charge < -0.3 is 0 Å². The number of rotatable bonds is 3. The summed E-state index contributed by atoms with van der Waals surface area (Å²) in [7, 11) is 9.87. The van der Waals surface area contributed by atoms with E-state index in [-0.39, 0.29) is 0 Å². The summed E-state index contributed by atoms with van der Waals surface area (Å²) in [6, 6.07) is 20.1. The van der Waals surface area contributed by atoms with Crippen molar-refractivity contribution in [2.75, 3.05) is 0 Å². The molecule has 0 fully saturated rings. The molecule has 0 heterocycles. The first-order chi connectivity index (χ1) is 10.7. The van der Waals surface area contributed by atoms with Gasteiger partial charge in [0.25, 0.3) is 0 Å². The summed E-state index contributed by atoms with van der Waals surface area (Å²) in [4.78, 5) is 0. The third-order valence-corrected chi connectivity index (χ3v) is 3.70. The molecule has 0 aliphatic rings. The van der Waals surface area contributed by atoms with E-state index < -0.39 is 20.8 Å². The van der Waals surface area contributed by atoms with Crippen molar-refractivity contribution in [2.24, 2.45) is 0 Å². The molecule has 0 N–H and O–H groups in total. The maximum absolute atomic E-state index is 4.93. The van der Waals surface area contributed by atoms with Gasteiger partial charge in [0.1, 0.15) is 0 Å². The van der Waals surface area contributed by atoms with Crippen LogP contribution in [0.4, 0.5) is 0 Å². The molecule has 22 heavy (non-hydrogen) atoms. The number of hydrogen-bond donors (Lipinski definition) is 0. The van der Waals surface area contributed by atoms with E-state index in [1.165, 1.54) is 45.9 Å². The molecule has 3 aromatic rings. The standard InChI is InChI=1S/C19H19.2ClH.Zr/c1-3-5-15-8-10-16(11-9-15)18-7-4-6-17-12-14(2)13-19(17)18;;;/h4,6-13H,3,5H2,1-2H3;2*1H;/q-1;;;+2/p-2. The van der Waals surface area contributed by atoms with E-state index in [0.29, 0.717) is 0 Å². The molecule has 3 rings (SSSR count). The van der Waals surface area contributed by atoms with E-state index in [2.05, 4.69) is 68.4 Å². The van der Waals surface area contributed by atoms with Crippen molar-refractivity contribution in [3.63, 3.8) is 0 Å². The van der Waals surface area contributed by atoms with Crippen LogP contribution in [0.5, 0.6) is 0 Å². The van der Waals surface area contributed by atoms with Crippen LogP contribution in [-0.2, 0) is 27.3 Å². The Kier molecular flexibility index (Phi) is 7.28. The summed E-state index contributed by atoms with van der Waals surface area (Å²) >= 11 is -0.826. The second kappa shape index (κ2) is 8.97. The van der Waals surface area contributed by atoms with Crippen LogP contribution in [0, 0.1) is 6.92 Å². The molecule has 3 aromatic carbocycles. The molecule has 0 amide bonds. The van der Waals surface area contributed by atoms with Gasteiger partial charge in [0.15, 0.2) is 0 Å². The Bertz CT molecular complexity index is 714. The molecule has 0 unspecified atom stereocenters. The number of hydrogen-bond acceptors (Lipinski definition) is 0. The first kappa shape index (κ1) is 17.9. The zero-order valence-electron chi connectivity index (χ0n) is 12.9. The minimum atomic E-state index is -0.826. The summed E-state index contributed by atoms with van der Waals surface area (Å²) < 4.78 is 0. The zero-order chi connectivity index (χ0) is 15.9. The van der Waals surface area contributed by atoms with Gasteiger partial charge in [-0.2, -0.15) is 6.07 Å². The molecule has 0 nitrogen and oxygen atoms in total. The molecule has 0 atom stereocenters. The van der Waals surface area contributed by atoms with Gasteiger partial charge in [0.2, 0.25) is 0 Å². The van der Waals surface area contributed by atoms with Gasteiger partial charge in [-0.15, -0.1) is 34.5 Å². The Morgan fingerprint density at radius 1 is 1.05 bits per heavy atom. The van der Waals surface area contributed by atoms with Crippen LogP contribution in [0.2, 0.25) is 0 Å². The molecule has 0 radical (unpaired) electrons. The van der Waals surface area contributed by atoms with E-state index in [1.54, 1.807) is 0 Å². The van der Waals surface area contributed by atoms with Crippen molar-refractivity contribution in [2.45, 2.75) is 26.7 Å². The quantitative estimate of drug-likeness (QED) is 0.414. The van der Waals surface area contributed by atoms with E-state index in [4.69, 9.17) is 17.0 Å². The Labute approximate surface area is 151 Å². The third-order valence-electron chi connectivity index (χ3n) is 3.70. The van der Waals surface area contributed by atoms with E-state index in [9.17, 15) is 0 Å². The molecular weight excluding hydrogens is 390 g/mol. The van der Waals surface area contributed by atoms with E-state index in [0.717, 1.165) is 0 Å². The molecule has 114 valence electrons. The molecule has 0 saturated carbocycles. The van der Waals surface area contributed by atoms with Gasteiger partial charge in [-0.3, -0.25) is 0 Å². The Hall–Kier alpha value is -0.487. The van der Waals surface area contributed by atoms with Crippen molar-refractivity contribution < 1.29 is 20.8 Å². The van der Waals surface area contributed by atoms with Crippen molar-refractivity contribution in [1.29, 1.82) is 0 Å². The van der Waals surface area contributed by atoms with E-state index in [1.807, 2.05) is 0 Å². The van der Waals surface area contributed by atoms with Crippen LogP contribution in [-0.4, -0.2) is 0 Å². The summed E-state index contributed by atoms with van der Waals surface area (Å²) in [5, 5.41) is 2.70. The minimum absolute atomic E-state index is 0.826. The molecule has 0 spiro atoms. The van der Waals surface area contributed by atoms with Gasteiger partial charge in [0, 0.05) is 0 Å². The number of benzene rings is 2. The topological polar surface area (TPSA) is 0 Å². The summed E-state index contributed by atoms with van der Waals surface area (Å²) in [6.45, 7) is 4.38. The van der Waals surface area contributed by atoms with Gasteiger partial charge in [-0.1, -0.05) is 56.2 Å². The maximum atomic E-state index is 4.93. The number of fused-ring (bicyclic) bond motifs is 1. The third kappa shape index (κ3) is 4.51. The predicted molar refractivity (Wildman–Crippen MR) is 95.4 cm³/mol. The second-order valence-electron chi connectivity index (χ2n) is 5.36. The first-order valence-corrected chi connectivity index (χ1v) is 13.7. The first-order valence-electron chi connectivity index (χ1n) is 7.41. The average Bonchev–Trinajstić information content (AvgIpc) is 2.89. The van der Waals surface area contributed by atoms with Crippen molar-refractivity contribution in [1.82, 2.24) is 0 Å². The molecule has 0 aromatic heterocycles. The fourth-order valence-electron chi connectivity index (χ4n) is 2.78. The second-order valence-corrected chi connectivity index (χ2v) is 9.09. The predicted octanol–water partition coefficient (Wildman–Crippen LogP) is 6.86. The SMILES string of the molecule is CCCc1ccc(-c2cccc3[cH-]c(C)cc23)cc1.[Cl][Zr][Cl]. The molecule has 0 aliphatic carbocycles. The van der Waals surface area contributed by atoms with Crippen molar-refractivity contribution in [3.8, 4) is 11.1 Å². The van der Waals surface area contributed by atoms with Gasteiger partial charge >= 0.3 is 37.9 Å². The summed E-state index contributed by atoms with van der Waals surface area (Å²) in [6.07, 6.45) is 2.37. The van der Waals surface area contributed by atoms with Crippen LogP contribution in [0.1, 0.15) is 24.5 Å². The number of aryl methyl sites for hydroxylation is 2. The van der Waals surface area contributed by atoms with Gasteiger partial charge in [-0.25, -0.2) is 0 Å². The van der Waals surface area contributed by atoms with Crippen LogP contribution in [0.15, 0.2) is 54.6 Å². The zero-order valence-corrected chi connectivity index (χ0v) is 16.8. The van der Waals surface area contributed by atoms with Gasteiger partial charge in [0.05, 0.1) is 0 Å². The van der Waals surface area contributed by atoms with E-state index >= 15 is 0 Å². The van der Waals surface area contributed by atoms with Crippen LogP contribution in [0.25, 0.3) is 21.9 Å². The Morgan fingerprint density at radius 3 is 2.36 bits per heavy atom.